The molecule has 1 atom stereocenters. The third kappa shape index (κ3) is 3.14. The van der Waals surface area contributed by atoms with Crippen molar-refractivity contribution < 1.29 is 4.92 Å². The number of nitro groups is 1. The summed E-state index contributed by atoms with van der Waals surface area (Å²) >= 11 is 0. The number of benzene rings is 1. The maximum atomic E-state index is 11.0. The third-order valence-corrected chi connectivity index (χ3v) is 4.17. The van der Waals surface area contributed by atoms with Gasteiger partial charge in [0.15, 0.2) is 0 Å². The Kier molecular flexibility index (Phi) is 4.15. The van der Waals surface area contributed by atoms with Crippen LogP contribution in [0.3, 0.4) is 0 Å². The van der Waals surface area contributed by atoms with Gasteiger partial charge in [0.05, 0.1) is 11.0 Å². The van der Waals surface area contributed by atoms with Gasteiger partial charge in [-0.3, -0.25) is 15.0 Å². The summed E-state index contributed by atoms with van der Waals surface area (Å²) in [5.74, 6) is 0. The van der Waals surface area contributed by atoms with E-state index in [2.05, 4.69) is 15.0 Å². The maximum absolute atomic E-state index is 11.0. The van der Waals surface area contributed by atoms with Crippen LogP contribution in [-0.2, 0) is 6.54 Å². The second-order valence-corrected chi connectivity index (χ2v) is 5.78. The van der Waals surface area contributed by atoms with Crippen LogP contribution in [0.5, 0.6) is 0 Å². The van der Waals surface area contributed by atoms with Crippen molar-refractivity contribution in [1.29, 1.82) is 0 Å². The van der Waals surface area contributed by atoms with Crippen LogP contribution in [-0.4, -0.2) is 37.7 Å². The van der Waals surface area contributed by atoms with Gasteiger partial charge >= 0.3 is 0 Å². The lowest BCUT2D eigenvalue weighted by Gasteiger charge is -2.32. The molecule has 0 spiro atoms. The summed E-state index contributed by atoms with van der Waals surface area (Å²) in [6.45, 7) is 4.40. The van der Waals surface area contributed by atoms with Crippen LogP contribution < -0.4 is 0 Å². The number of aromatic nitrogens is 3. The van der Waals surface area contributed by atoms with Crippen LogP contribution in [0.4, 0.5) is 5.69 Å². The summed E-state index contributed by atoms with van der Waals surface area (Å²) in [4.78, 5) is 17.1. The topological polar surface area (TPSA) is 77.1 Å². The highest BCUT2D eigenvalue weighted by atomic mass is 16.6. The Morgan fingerprint density at radius 2 is 2.32 bits per heavy atom. The number of hydrogen-bond acceptors (Lipinski definition) is 5. The van der Waals surface area contributed by atoms with E-state index in [0.717, 1.165) is 38.0 Å². The number of nitro benzene ring substituents is 1. The van der Waals surface area contributed by atoms with E-state index < -0.39 is 0 Å². The molecule has 2 aromatic rings. The smallest absolute Gasteiger partial charge is 0.272 e. The Morgan fingerprint density at radius 1 is 1.45 bits per heavy atom. The molecule has 7 nitrogen and oxygen atoms in total. The predicted molar refractivity (Wildman–Crippen MR) is 81.4 cm³/mol. The van der Waals surface area contributed by atoms with Crippen molar-refractivity contribution in [2.24, 2.45) is 0 Å². The highest BCUT2D eigenvalue weighted by Crippen LogP contribution is 2.24. The van der Waals surface area contributed by atoms with Gasteiger partial charge in [-0.1, -0.05) is 12.1 Å². The quantitative estimate of drug-likeness (QED) is 0.640. The minimum Gasteiger partial charge on any atom is -0.297 e. The zero-order chi connectivity index (χ0) is 15.5. The lowest BCUT2D eigenvalue weighted by atomic mass is 10.0. The molecule has 0 bridgehead atoms. The predicted octanol–water partition coefficient (Wildman–Crippen LogP) is 2.33. The van der Waals surface area contributed by atoms with Gasteiger partial charge in [-0.05, 0) is 31.9 Å². The molecule has 1 aromatic carbocycles. The number of rotatable bonds is 4. The Morgan fingerprint density at radius 3 is 3.05 bits per heavy atom. The van der Waals surface area contributed by atoms with E-state index in [9.17, 15) is 10.1 Å². The van der Waals surface area contributed by atoms with E-state index in [1.165, 1.54) is 0 Å². The summed E-state index contributed by atoms with van der Waals surface area (Å²) in [7, 11) is 0. The van der Waals surface area contributed by atoms with E-state index in [1.807, 2.05) is 16.8 Å². The van der Waals surface area contributed by atoms with Crippen molar-refractivity contribution in [2.45, 2.75) is 32.4 Å². The van der Waals surface area contributed by atoms with E-state index in [4.69, 9.17) is 0 Å². The van der Waals surface area contributed by atoms with Gasteiger partial charge in [0.25, 0.3) is 5.69 Å². The minimum absolute atomic E-state index is 0.197. The Labute approximate surface area is 128 Å². The molecule has 1 aliphatic heterocycles. The van der Waals surface area contributed by atoms with Crippen LogP contribution in [0.15, 0.2) is 30.9 Å². The summed E-state index contributed by atoms with van der Waals surface area (Å²) in [5.41, 5.74) is 1.88. The van der Waals surface area contributed by atoms with Gasteiger partial charge in [-0.15, -0.1) is 0 Å². The normalized spacial score (nSPS) is 19.2. The fourth-order valence-corrected chi connectivity index (χ4v) is 3.00. The van der Waals surface area contributed by atoms with Crippen molar-refractivity contribution in [3.8, 4) is 0 Å². The second-order valence-electron chi connectivity index (χ2n) is 5.78. The molecule has 22 heavy (non-hydrogen) atoms. The summed E-state index contributed by atoms with van der Waals surface area (Å²) in [6.07, 6.45) is 5.50. The standard InChI is InChI=1S/C15H19N5O2/c1-12-4-5-13(7-15(12)20(21)22)8-18-6-2-3-14(9-18)19-11-16-10-17-19/h4-5,7,10-11,14H,2-3,6,8-9H2,1H3. The molecule has 0 radical (unpaired) electrons. The molecule has 0 saturated carbocycles. The molecule has 1 saturated heterocycles. The first-order valence-electron chi connectivity index (χ1n) is 7.44. The zero-order valence-electron chi connectivity index (χ0n) is 12.6. The highest BCUT2D eigenvalue weighted by Gasteiger charge is 2.22. The molecular formula is C15H19N5O2. The molecule has 7 heteroatoms. The first kappa shape index (κ1) is 14.6. The Balaban J connectivity index is 1.70. The van der Waals surface area contributed by atoms with Crippen molar-refractivity contribution >= 4 is 5.69 Å². The molecule has 1 unspecified atom stereocenters. The number of nitrogens with zero attached hydrogens (tertiary/aromatic N) is 5. The van der Waals surface area contributed by atoms with Crippen LogP contribution >= 0.6 is 0 Å². The third-order valence-electron chi connectivity index (χ3n) is 4.17. The first-order chi connectivity index (χ1) is 10.6. The molecule has 0 aliphatic carbocycles. The van der Waals surface area contributed by atoms with E-state index in [-0.39, 0.29) is 10.6 Å². The average molecular weight is 301 g/mol. The van der Waals surface area contributed by atoms with Crippen LogP contribution in [0.25, 0.3) is 0 Å². The molecule has 0 N–H and O–H groups in total. The molecular weight excluding hydrogens is 282 g/mol. The minimum atomic E-state index is -0.312. The number of aryl methyl sites for hydroxylation is 1. The van der Waals surface area contributed by atoms with Crippen LogP contribution in [0.1, 0.15) is 30.0 Å². The average Bonchev–Trinajstić information content (AvgIpc) is 3.03. The SMILES string of the molecule is Cc1ccc(CN2CCCC(n3cncn3)C2)cc1[N+](=O)[O-]. The van der Waals surface area contributed by atoms with Gasteiger partial charge in [0, 0.05) is 24.7 Å². The monoisotopic (exact) mass is 301 g/mol. The number of likely N-dealkylation sites (tertiary alicyclic amines) is 1. The van der Waals surface area contributed by atoms with Gasteiger partial charge in [0.1, 0.15) is 12.7 Å². The number of hydrogen-bond donors (Lipinski definition) is 0. The van der Waals surface area contributed by atoms with E-state index in [1.54, 1.807) is 25.6 Å². The summed E-state index contributed by atoms with van der Waals surface area (Å²) in [5, 5.41) is 15.3. The number of piperidine rings is 1. The summed E-state index contributed by atoms with van der Waals surface area (Å²) in [6, 6.07) is 5.82. The van der Waals surface area contributed by atoms with Crippen LogP contribution in [0, 0.1) is 17.0 Å². The summed E-state index contributed by atoms with van der Waals surface area (Å²) < 4.78 is 1.91. The Hall–Kier alpha value is -2.28. The molecule has 1 fully saturated rings. The largest absolute Gasteiger partial charge is 0.297 e. The first-order valence-corrected chi connectivity index (χ1v) is 7.44. The molecule has 1 aliphatic rings. The van der Waals surface area contributed by atoms with Crippen LogP contribution in [0.2, 0.25) is 0 Å². The fourth-order valence-electron chi connectivity index (χ4n) is 3.00. The second kappa shape index (κ2) is 6.23. The molecule has 2 heterocycles. The lowest BCUT2D eigenvalue weighted by Crippen LogP contribution is -2.36. The zero-order valence-corrected chi connectivity index (χ0v) is 12.6. The molecule has 1 aromatic heterocycles. The van der Waals surface area contributed by atoms with Crippen molar-refractivity contribution in [2.75, 3.05) is 13.1 Å². The van der Waals surface area contributed by atoms with Gasteiger partial charge in [-0.2, -0.15) is 5.10 Å². The lowest BCUT2D eigenvalue weighted by molar-refractivity contribution is -0.385. The van der Waals surface area contributed by atoms with Crippen molar-refractivity contribution in [3.05, 3.63) is 52.1 Å². The fraction of sp³-hybridized carbons (Fsp3) is 0.467. The van der Waals surface area contributed by atoms with Gasteiger partial charge in [0.2, 0.25) is 0 Å². The molecule has 116 valence electrons. The van der Waals surface area contributed by atoms with Gasteiger partial charge in [-0.25, -0.2) is 9.67 Å². The van der Waals surface area contributed by atoms with E-state index in [0.29, 0.717) is 11.6 Å². The van der Waals surface area contributed by atoms with Crippen molar-refractivity contribution in [3.63, 3.8) is 0 Å². The Bertz CT molecular complexity index is 656. The maximum Gasteiger partial charge on any atom is 0.272 e. The molecule has 0 amide bonds. The van der Waals surface area contributed by atoms with E-state index >= 15 is 0 Å². The van der Waals surface area contributed by atoms with Gasteiger partial charge < -0.3 is 0 Å². The van der Waals surface area contributed by atoms with Crippen molar-refractivity contribution in [1.82, 2.24) is 19.7 Å². The molecule has 3 rings (SSSR count). The highest BCUT2D eigenvalue weighted by molar-refractivity contribution is 5.42.